The second-order valence-corrected chi connectivity index (χ2v) is 6.98. The first-order chi connectivity index (χ1) is 14.3. The zero-order valence-electron chi connectivity index (χ0n) is 17.2. The number of hydrogen-bond donors (Lipinski definition) is 1. The molecule has 1 N–H and O–H groups in total. The van der Waals surface area contributed by atoms with Gasteiger partial charge in [0.2, 0.25) is 0 Å². The summed E-state index contributed by atoms with van der Waals surface area (Å²) in [4.78, 5) is 28.5. The van der Waals surface area contributed by atoms with E-state index in [1.54, 1.807) is 19.1 Å². The molecule has 30 heavy (non-hydrogen) atoms. The average Bonchev–Trinajstić information content (AvgIpc) is 3.01. The molecule has 0 bridgehead atoms. The van der Waals surface area contributed by atoms with Crippen molar-refractivity contribution in [3.05, 3.63) is 71.0 Å². The number of carbonyl (C=O) groups excluding carboxylic acids is 2. The molecule has 1 atom stereocenters. The van der Waals surface area contributed by atoms with Crippen LogP contribution in [0.1, 0.15) is 38.8 Å². The molecule has 0 spiro atoms. The molecule has 0 fully saturated rings. The number of benzene rings is 2. The molecule has 1 aliphatic rings. The lowest BCUT2D eigenvalue weighted by Crippen LogP contribution is -2.32. The molecule has 0 saturated carbocycles. The van der Waals surface area contributed by atoms with Crippen LogP contribution in [0.3, 0.4) is 0 Å². The van der Waals surface area contributed by atoms with Crippen LogP contribution in [0.25, 0.3) is 0 Å². The first-order valence-corrected chi connectivity index (χ1v) is 9.93. The van der Waals surface area contributed by atoms with Crippen molar-refractivity contribution in [1.29, 1.82) is 0 Å². The molecule has 0 radical (unpaired) electrons. The monoisotopic (exact) mass is 414 g/mol. The SMILES string of the molecule is CCC(=O)C1=C(O)C(=O)N(c2cc(F)ccc2F)C1c1ccc(N(CC)CC)cc1. The van der Waals surface area contributed by atoms with Gasteiger partial charge in [-0.05, 0) is 43.7 Å². The highest BCUT2D eigenvalue weighted by atomic mass is 19.1. The van der Waals surface area contributed by atoms with E-state index in [1.165, 1.54) is 0 Å². The molecule has 3 rings (SSSR count). The van der Waals surface area contributed by atoms with Gasteiger partial charge in [-0.15, -0.1) is 0 Å². The van der Waals surface area contributed by atoms with Gasteiger partial charge < -0.3 is 10.0 Å². The van der Waals surface area contributed by atoms with Crippen LogP contribution in [0.5, 0.6) is 0 Å². The summed E-state index contributed by atoms with van der Waals surface area (Å²) in [5.41, 5.74) is 1.03. The van der Waals surface area contributed by atoms with E-state index in [9.17, 15) is 23.5 Å². The van der Waals surface area contributed by atoms with Gasteiger partial charge in [0.15, 0.2) is 11.5 Å². The third-order valence-electron chi connectivity index (χ3n) is 5.33. The molecule has 1 unspecified atom stereocenters. The number of rotatable bonds is 7. The van der Waals surface area contributed by atoms with E-state index in [0.717, 1.165) is 41.9 Å². The van der Waals surface area contributed by atoms with Gasteiger partial charge >= 0.3 is 0 Å². The highest BCUT2D eigenvalue weighted by Crippen LogP contribution is 2.42. The summed E-state index contributed by atoms with van der Waals surface area (Å²) in [7, 11) is 0. The van der Waals surface area contributed by atoms with E-state index in [1.807, 2.05) is 26.0 Å². The smallest absolute Gasteiger partial charge is 0.294 e. The molecule has 7 heteroatoms. The van der Waals surface area contributed by atoms with Crippen molar-refractivity contribution in [2.24, 2.45) is 0 Å². The van der Waals surface area contributed by atoms with E-state index >= 15 is 0 Å². The van der Waals surface area contributed by atoms with E-state index in [-0.39, 0.29) is 17.7 Å². The Kier molecular flexibility index (Phi) is 6.20. The number of ketones is 1. The fourth-order valence-electron chi connectivity index (χ4n) is 3.77. The van der Waals surface area contributed by atoms with Crippen LogP contribution in [0.2, 0.25) is 0 Å². The molecule has 2 aromatic rings. The Balaban J connectivity index is 2.15. The third kappa shape index (κ3) is 3.67. The summed E-state index contributed by atoms with van der Waals surface area (Å²) in [5.74, 6) is -3.66. The Morgan fingerprint density at radius 1 is 1.07 bits per heavy atom. The van der Waals surface area contributed by atoms with Crippen molar-refractivity contribution in [3.63, 3.8) is 0 Å². The normalized spacial score (nSPS) is 16.4. The fourth-order valence-corrected chi connectivity index (χ4v) is 3.77. The predicted octanol–water partition coefficient (Wildman–Crippen LogP) is 4.69. The average molecular weight is 414 g/mol. The molecular weight excluding hydrogens is 390 g/mol. The highest BCUT2D eigenvalue weighted by Gasteiger charge is 2.44. The van der Waals surface area contributed by atoms with Gasteiger partial charge in [0.05, 0.1) is 17.3 Å². The van der Waals surface area contributed by atoms with Gasteiger partial charge in [-0.2, -0.15) is 0 Å². The molecule has 0 saturated heterocycles. The zero-order valence-corrected chi connectivity index (χ0v) is 17.2. The van der Waals surface area contributed by atoms with Crippen LogP contribution in [0.4, 0.5) is 20.2 Å². The zero-order chi connectivity index (χ0) is 22.0. The lowest BCUT2D eigenvalue weighted by atomic mass is 9.94. The molecule has 0 aliphatic carbocycles. The summed E-state index contributed by atoms with van der Waals surface area (Å²) >= 11 is 0. The minimum atomic E-state index is -1.05. The molecule has 1 aliphatic heterocycles. The van der Waals surface area contributed by atoms with Crippen LogP contribution in [0, 0.1) is 11.6 Å². The molecular formula is C23H24F2N2O3. The van der Waals surface area contributed by atoms with Gasteiger partial charge in [0.1, 0.15) is 11.6 Å². The molecule has 2 aromatic carbocycles. The van der Waals surface area contributed by atoms with E-state index in [2.05, 4.69) is 4.90 Å². The Bertz CT molecular complexity index is 998. The summed E-state index contributed by atoms with van der Waals surface area (Å²) in [5, 5.41) is 10.4. The van der Waals surface area contributed by atoms with E-state index in [4.69, 9.17) is 0 Å². The van der Waals surface area contributed by atoms with Crippen LogP contribution in [-0.2, 0) is 9.59 Å². The Morgan fingerprint density at radius 2 is 1.70 bits per heavy atom. The first kappa shape index (κ1) is 21.5. The summed E-state index contributed by atoms with van der Waals surface area (Å²) in [6.07, 6.45) is 0.0557. The molecule has 0 aromatic heterocycles. The Morgan fingerprint density at radius 3 is 2.27 bits per heavy atom. The summed E-state index contributed by atoms with van der Waals surface area (Å²) in [6, 6.07) is 8.85. The number of aliphatic hydroxyl groups is 1. The molecule has 1 heterocycles. The number of hydrogen-bond acceptors (Lipinski definition) is 4. The largest absolute Gasteiger partial charge is 0.503 e. The fraction of sp³-hybridized carbons (Fsp3) is 0.304. The number of aliphatic hydroxyl groups excluding tert-OH is 1. The second-order valence-electron chi connectivity index (χ2n) is 6.98. The quantitative estimate of drug-likeness (QED) is 0.714. The van der Waals surface area contributed by atoms with Crippen molar-refractivity contribution >= 4 is 23.1 Å². The molecule has 5 nitrogen and oxygen atoms in total. The van der Waals surface area contributed by atoms with Gasteiger partial charge in [0.25, 0.3) is 5.91 Å². The summed E-state index contributed by atoms with van der Waals surface area (Å²) in [6.45, 7) is 7.27. The number of halogens is 2. The van der Waals surface area contributed by atoms with Crippen molar-refractivity contribution in [2.45, 2.75) is 33.2 Å². The van der Waals surface area contributed by atoms with Gasteiger partial charge in [-0.1, -0.05) is 19.1 Å². The molecule has 1 amide bonds. The lowest BCUT2D eigenvalue weighted by Gasteiger charge is -2.28. The van der Waals surface area contributed by atoms with Crippen LogP contribution >= 0.6 is 0 Å². The number of nitrogens with zero attached hydrogens (tertiary/aromatic N) is 2. The molecule has 158 valence electrons. The number of carbonyl (C=O) groups is 2. The topological polar surface area (TPSA) is 60.9 Å². The highest BCUT2D eigenvalue weighted by molar-refractivity contribution is 6.16. The van der Waals surface area contributed by atoms with Crippen molar-refractivity contribution < 1.29 is 23.5 Å². The maximum Gasteiger partial charge on any atom is 0.294 e. The summed E-state index contributed by atoms with van der Waals surface area (Å²) < 4.78 is 28.4. The van der Waals surface area contributed by atoms with Gasteiger partial charge in [-0.25, -0.2) is 8.78 Å². The minimum Gasteiger partial charge on any atom is -0.503 e. The maximum atomic E-state index is 14.5. The number of anilines is 2. The van der Waals surface area contributed by atoms with Crippen molar-refractivity contribution in [3.8, 4) is 0 Å². The third-order valence-corrected chi connectivity index (χ3v) is 5.33. The van der Waals surface area contributed by atoms with Crippen LogP contribution in [0.15, 0.2) is 53.8 Å². The van der Waals surface area contributed by atoms with E-state index in [0.29, 0.717) is 5.56 Å². The maximum absolute atomic E-state index is 14.5. The Labute approximate surface area is 174 Å². The number of Topliss-reactive ketones (excluding diaryl/α,β-unsaturated/α-hetero) is 1. The standard InChI is InChI=1S/C23H24F2N2O3/c1-4-19(28)20-21(14-7-10-16(11-8-14)26(5-2)6-3)27(23(30)22(20)29)18-13-15(24)9-12-17(18)25/h7-13,21,29H,4-6H2,1-3H3. The predicted molar refractivity (Wildman–Crippen MR) is 112 cm³/mol. The van der Waals surface area contributed by atoms with Gasteiger partial charge in [0, 0.05) is 31.3 Å². The first-order valence-electron chi connectivity index (χ1n) is 9.93. The van der Waals surface area contributed by atoms with Crippen LogP contribution in [-0.4, -0.2) is 29.9 Å². The van der Waals surface area contributed by atoms with Crippen molar-refractivity contribution in [1.82, 2.24) is 0 Å². The second kappa shape index (κ2) is 8.65. The Hall–Kier alpha value is -3.22. The van der Waals surface area contributed by atoms with Crippen molar-refractivity contribution in [2.75, 3.05) is 22.9 Å². The van der Waals surface area contributed by atoms with E-state index < -0.39 is 35.1 Å². The van der Waals surface area contributed by atoms with Gasteiger partial charge in [-0.3, -0.25) is 14.5 Å². The number of amides is 1. The minimum absolute atomic E-state index is 0.0557. The lowest BCUT2D eigenvalue weighted by molar-refractivity contribution is -0.118. The van der Waals surface area contributed by atoms with Crippen LogP contribution < -0.4 is 9.80 Å².